The first-order valence-electron chi connectivity index (χ1n) is 6.98. The van der Waals surface area contributed by atoms with Crippen LogP contribution >= 0.6 is 11.6 Å². The molecule has 2 N–H and O–H groups in total. The van der Waals surface area contributed by atoms with E-state index in [1.807, 2.05) is 19.1 Å². The van der Waals surface area contributed by atoms with Gasteiger partial charge < -0.3 is 20.1 Å². The second-order valence-electron chi connectivity index (χ2n) is 4.59. The van der Waals surface area contributed by atoms with Crippen LogP contribution in [0.25, 0.3) is 0 Å². The van der Waals surface area contributed by atoms with Gasteiger partial charge in [0.2, 0.25) is 0 Å². The monoisotopic (exact) mass is 327 g/mol. The Morgan fingerprint density at radius 3 is 2.59 bits per heavy atom. The summed E-state index contributed by atoms with van der Waals surface area (Å²) in [7, 11) is 3.03. The second-order valence-corrected chi connectivity index (χ2v) is 5.02. The maximum Gasteiger partial charge on any atom is 0.307 e. The number of aliphatic imine (C=N–C) groups is 1. The van der Waals surface area contributed by atoms with Crippen molar-refractivity contribution in [1.29, 1.82) is 0 Å². The Hall–Kier alpha value is -1.95. The van der Waals surface area contributed by atoms with E-state index in [4.69, 9.17) is 16.3 Å². The van der Waals surface area contributed by atoms with E-state index in [-0.39, 0.29) is 18.5 Å². The largest absolute Gasteiger partial charge is 0.489 e. The molecule has 122 valence electrons. The van der Waals surface area contributed by atoms with Crippen LogP contribution in [0.4, 0.5) is 0 Å². The first-order valence-corrected chi connectivity index (χ1v) is 7.36. The van der Waals surface area contributed by atoms with Crippen LogP contribution in [0, 0.1) is 0 Å². The molecule has 0 radical (unpaired) electrons. The van der Waals surface area contributed by atoms with Gasteiger partial charge in [-0.25, -0.2) is 0 Å². The first kappa shape index (κ1) is 18.1. The summed E-state index contributed by atoms with van der Waals surface area (Å²) in [5.74, 6) is 1.10. The molecule has 1 aromatic rings. The molecule has 1 rings (SSSR count). The average molecular weight is 328 g/mol. The van der Waals surface area contributed by atoms with Crippen LogP contribution in [0.2, 0.25) is 5.02 Å². The predicted octanol–water partition coefficient (Wildman–Crippen LogP) is 1.84. The van der Waals surface area contributed by atoms with E-state index >= 15 is 0 Å². The van der Waals surface area contributed by atoms with Gasteiger partial charge in [-0.2, -0.15) is 0 Å². The molecular formula is C15H22ClN3O3. The van der Waals surface area contributed by atoms with Crippen LogP contribution < -0.4 is 15.4 Å². The van der Waals surface area contributed by atoms with Gasteiger partial charge in [0.05, 0.1) is 20.1 Å². The van der Waals surface area contributed by atoms with E-state index in [9.17, 15) is 4.79 Å². The number of carbonyl (C=O) groups excluding carboxylic acids is 1. The van der Waals surface area contributed by atoms with Crippen molar-refractivity contribution in [2.24, 2.45) is 4.99 Å². The van der Waals surface area contributed by atoms with Crippen molar-refractivity contribution in [2.45, 2.75) is 19.4 Å². The molecule has 1 aromatic carbocycles. The number of esters is 1. The Labute approximate surface area is 135 Å². The molecule has 0 amide bonds. The quantitative estimate of drug-likeness (QED) is 0.454. The van der Waals surface area contributed by atoms with Gasteiger partial charge in [0, 0.05) is 18.6 Å². The number of hydrogen-bond donors (Lipinski definition) is 2. The minimum absolute atomic E-state index is 0.0552. The molecule has 0 aliphatic carbocycles. The van der Waals surface area contributed by atoms with Crippen LogP contribution in [0.15, 0.2) is 29.3 Å². The highest BCUT2D eigenvalue weighted by Gasteiger charge is 2.06. The number of methoxy groups -OCH3 is 1. The van der Waals surface area contributed by atoms with Crippen molar-refractivity contribution in [3.05, 3.63) is 29.3 Å². The van der Waals surface area contributed by atoms with Gasteiger partial charge in [0.25, 0.3) is 0 Å². The number of benzene rings is 1. The zero-order valence-electron chi connectivity index (χ0n) is 13.1. The SMILES string of the molecule is CN=C(NCCC(=O)OC)NCC(C)Oc1ccc(Cl)cc1. The van der Waals surface area contributed by atoms with Gasteiger partial charge in [0.1, 0.15) is 11.9 Å². The van der Waals surface area contributed by atoms with Crippen molar-refractivity contribution in [2.75, 3.05) is 27.2 Å². The number of guanidine groups is 1. The van der Waals surface area contributed by atoms with Crippen molar-refractivity contribution in [3.63, 3.8) is 0 Å². The van der Waals surface area contributed by atoms with Gasteiger partial charge in [-0.05, 0) is 31.2 Å². The molecule has 0 bridgehead atoms. The van der Waals surface area contributed by atoms with Crippen molar-refractivity contribution < 1.29 is 14.3 Å². The fourth-order valence-electron chi connectivity index (χ4n) is 1.63. The van der Waals surface area contributed by atoms with E-state index in [0.717, 1.165) is 5.75 Å². The third kappa shape index (κ3) is 7.17. The Kier molecular flexibility index (Phi) is 8.14. The molecule has 7 heteroatoms. The summed E-state index contributed by atoms with van der Waals surface area (Å²) in [5, 5.41) is 6.83. The second kappa shape index (κ2) is 9.89. The minimum Gasteiger partial charge on any atom is -0.489 e. The lowest BCUT2D eigenvalue weighted by molar-refractivity contribution is -0.140. The zero-order valence-corrected chi connectivity index (χ0v) is 13.8. The zero-order chi connectivity index (χ0) is 16.4. The first-order chi connectivity index (χ1) is 10.5. The fourth-order valence-corrected chi connectivity index (χ4v) is 1.76. The highest BCUT2D eigenvalue weighted by molar-refractivity contribution is 6.30. The summed E-state index contributed by atoms with van der Waals surface area (Å²) < 4.78 is 10.3. The Balaban J connectivity index is 2.30. The summed E-state index contributed by atoms with van der Waals surface area (Å²) in [6.45, 7) is 2.97. The summed E-state index contributed by atoms with van der Waals surface area (Å²) in [6, 6.07) is 7.21. The molecule has 0 fully saturated rings. The Morgan fingerprint density at radius 1 is 1.32 bits per heavy atom. The predicted molar refractivity (Wildman–Crippen MR) is 87.5 cm³/mol. The van der Waals surface area contributed by atoms with Crippen LogP contribution in [-0.2, 0) is 9.53 Å². The molecule has 0 aromatic heterocycles. The number of nitrogens with zero attached hydrogens (tertiary/aromatic N) is 1. The molecule has 22 heavy (non-hydrogen) atoms. The summed E-state index contributed by atoms with van der Waals surface area (Å²) in [4.78, 5) is 15.1. The fraction of sp³-hybridized carbons (Fsp3) is 0.467. The number of nitrogens with one attached hydrogen (secondary N) is 2. The number of halogens is 1. The van der Waals surface area contributed by atoms with Gasteiger partial charge in [-0.3, -0.25) is 9.79 Å². The van der Waals surface area contributed by atoms with Gasteiger partial charge in [0.15, 0.2) is 5.96 Å². The number of rotatable bonds is 7. The van der Waals surface area contributed by atoms with Gasteiger partial charge in [-0.15, -0.1) is 0 Å². The third-order valence-corrected chi connectivity index (χ3v) is 3.03. The van der Waals surface area contributed by atoms with Crippen molar-refractivity contribution in [3.8, 4) is 5.75 Å². The maximum atomic E-state index is 11.0. The molecule has 1 atom stereocenters. The van der Waals surface area contributed by atoms with Crippen LogP contribution in [0.1, 0.15) is 13.3 Å². The molecule has 0 heterocycles. The average Bonchev–Trinajstić information content (AvgIpc) is 2.52. The molecule has 0 aliphatic rings. The normalized spacial score (nSPS) is 12.5. The van der Waals surface area contributed by atoms with Gasteiger partial charge >= 0.3 is 5.97 Å². The maximum absolute atomic E-state index is 11.0. The van der Waals surface area contributed by atoms with Gasteiger partial charge in [-0.1, -0.05) is 11.6 Å². The number of ether oxygens (including phenoxy) is 2. The molecule has 6 nitrogen and oxygen atoms in total. The lowest BCUT2D eigenvalue weighted by atomic mass is 10.3. The Bertz CT molecular complexity index is 491. The highest BCUT2D eigenvalue weighted by atomic mass is 35.5. The summed E-state index contributed by atoms with van der Waals surface area (Å²) in [5.41, 5.74) is 0. The smallest absolute Gasteiger partial charge is 0.307 e. The van der Waals surface area contributed by atoms with Crippen LogP contribution in [0.5, 0.6) is 5.75 Å². The van der Waals surface area contributed by atoms with E-state index in [1.54, 1.807) is 19.2 Å². The van der Waals surface area contributed by atoms with E-state index in [2.05, 4.69) is 20.4 Å². The van der Waals surface area contributed by atoms with Crippen LogP contribution in [0.3, 0.4) is 0 Å². The standard InChI is InChI=1S/C15H22ClN3O3/c1-11(22-13-6-4-12(16)5-7-13)10-19-15(17-2)18-9-8-14(20)21-3/h4-7,11H,8-10H2,1-3H3,(H2,17,18,19). The molecule has 1 unspecified atom stereocenters. The minimum atomic E-state index is -0.262. The molecule has 0 spiro atoms. The molecule has 0 saturated heterocycles. The van der Waals surface area contributed by atoms with Crippen LogP contribution in [-0.4, -0.2) is 45.3 Å². The Morgan fingerprint density at radius 2 is 2.00 bits per heavy atom. The van der Waals surface area contributed by atoms with E-state index < -0.39 is 0 Å². The summed E-state index contributed by atoms with van der Waals surface area (Å²) in [6.07, 6.45) is 0.230. The highest BCUT2D eigenvalue weighted by Crippen LogP contribution is 2.16. The van der Waals surface area contributed by atoms with E-state index in [0.29, 0.717) is 24.1 Å². The number of hydrogen-bond acceptors (Lipinski definition) is 4. The lowest BCUT2D eigenvalue weighted by Gasteiger charge is -2.17. The topological polar surface area (TPSA) is 72.0 Å². The molecule has 0 aliphatic heterocycles. The lowest BCUT2D eigenvalue weighted by Crippen LogP contribution is -2.42. The molecular weight excluding hydrogens is 306 g/mol. The number of carbonyl (C=O) groups is 1. The van der Waals surface area contributed by atoms with Crippen molar-refractivity contribution in [1.82, 2.24) is 10.6 Å². The van der Waals surface area contributed by atoms with E-state index in [1.165, 1.54) is 7.11 Å². The molecule has 0 saturated carbocycles. The summed E-state index contributed by atoms with van der Waals surface area (Å²) >= 11 is 5.83. The van der Waals surface area contributed by atoms with Crippen molar-refractivity contribution >= 4 is 23.5 Å². The third-order valence-electron chi connectivity index (χ3n) is 2.78.